The van der Waals surface area contributed by atoms with Gasteiger partial charge in [0, 0.05) is 0 Å². The zero-order chi connectivity index (χ0) is 0. The van der Waals surface area contributed by atoms with Gasteiger partial charge >= 0.3 is 48.9 Å². The zero-order valence-corrected chi connectivity index (χ0v) is 6.40. The van der Waals surface area contributed by atoms with Crippen LogP contribution in [-0.4, -0.2) is 54.4 Å². The van der Waals surface area contributed by atoms with Crippen molar-refractivity contribution in [3.05, 3.63) is 0 Å². The van der Waals surface area contributed by atoms with Gasteiger partial charge in [0.05, 0.1) is 0 Å². The summed E-state index contributed by atoms with van der Waals surface area (Å²) in [5, 5.41) is 0. The second-order valence-corrected chi connectivity index (χ2v) is 0. The third kappa shape index (κ3) is 10.0. The Morgan fingerprint density at radius 1 is 0.750 bits per heavy atom. The maximum atomic E-state index is 0. The van der Waals surface area contributed by atoms with Crippen molar-refractivity contribution in [2.24, 2.45) is 0 Å². The molecule has 1 nitrogen and oxygen atoms in total. The molecule has 0 aliphatic rings. The minimum absolute atomic E-state index is 0. The average molecular weight is 193 g/mol. The summed E-state index contributed by atoms with van der Waals surface area (Å²) in [6, 6.07) is 0. The summed E-state index contributed by atoms with van der Waals surface area (Å²) in [4.78, 5) is 0. The second kappa shape index (κ2) is 26.1. The number of hydrogen-bond donors (Lipinski definition) is 0. The van der Waals surface area contributed by atoms with Crippen molar-refractivity contribution < 1.29 is 14.9 Å². The molecule has 0 unspecified atom stereocenters. The molecule has 0 aromatic carbocycles. The maximum Gasteiger partial charge on any atom is 2.00 e. The van der Waals surface area contributed by atoms with Gasteiger partial charge in [-0.2, -0.15) is 0 Å². The smallest absolute Gasteiger partial charge is 1.00 e. The van der Waals surface area contributed by atoms with E-state index in [1.165, 1.54) is 0 Å². The van der Waals surface area contributed by atoms with E-state index >= 15 is 0 Å². The van der Waals surface area contributed by atoms with Gasteiger partial charge < -0.3 is 14.9 Å². The quantitative estimate of drug-likeness (QED) is 0.343. The molecule has 0 spiro atoms. The van der Waals surface area contributed by atoms with E-state index in [0.29, 0.717) is 0 Å². The molecule has 0 atom stereocenters. The molecule has 0 rings (SSSR count). The van der Waals surface area contributed by atoms with Crippen molar-refractivity contribution in [3.63, 3.8) is 0 Å². The van der Waals surface area contributed by atoms with E-state index in [0.717, 1.165) is 0 Å². The summed E-state index contributed by atoms with van der Waals surface area (Å²) in [5.41, 5.74) is 0. The molecule has 0 fully saturated rings. The topological polar surface area (TPSA) is 31.5 Å². The molecule has 0 heterocycles. The van der Waals surface area contributed by atoms with Gasteiger partial charge in [-0.1, -0.05) is 0 Å². The Morgan fingerprint density at radius 2 is 0.750 bits per heavy atom. The monoisotopic (exact) mass is 194 g/mol. The second-order valence-electron chi connectivity index (χ2n) is 0. The molecule has 0 saturated carbocycles. The predicted octanol–water partition coefficient (Wildman–Crippen LogP) is -7.20. The molecular formula is H2BaF2O. The molecule has 0 aromatic rings. The van der Waals surface area contributed by atoms with E-state index in [4.69, 9.17) is 0 Å². The van der Waals surface area contributed by atoms with Crippen LogP contribution < -0.4 is 9.41 Å². The van der Waals surface area contributed by atoms with Crippen LogP contribution in [0, 0.1) is 0 Å². The molecule has 0 saturated heterocycles. The first-order chi connectivity index (χ1) is 0. The van der Waals surface area contributed by atoms with E-state index in [2.05, 4.69) is 0 Å². The fourth-order valence-corrected chi connectivity index (χ4v) is 0. The summed E-state index contributed by atoms with van der Waals surface area (Å²) in [6.07, 6.45) is 0. The van der Waals surface area contributed by atoms with Crippen LogP contribution in [0.4, 0.5) is 0 Å². The summed E-state index contributed by atoms with van der Waals surface area (Å²) >= 11 is 0. The van der Waals surface area contributed by atoms with Gasteiger partial charge in [-0.15, -0.1) is 0 Å². The fraction of sp³-hybridized carbons (Fsp3) is 0. The van der Waals surface area contributed by atoms with Crippen molar-refractivity contribution in [2.75, 3.05) is 0 Å². The molecule has 0 aromatic heterocycles. The molecule has 0 amide bonds. The largest absolute Gasteiger partial charge is 2.00 e. The minimum Gasteiger partial charge on any atom is -1.00 e. The summed E-state index contributed by atoms with van der Waals surface area (Å²) in [7, 11) is 0. The summed E-state index contributed by atoms with van der Waals surface area (Å²) in [5.74, 6) is 0. The standard InChI is InChI=1S/Ba.2FH.H2O/h;2*1H;1H2/q+2;;;/p-2. The third-order valence-corrected chi connectivity index (χ3v) is 0. The Kier molecular flexibility index (Phi) is 350. The number of hydrogen-bond acceptors (Lipinski definition) is 0. The van der Waals surface area contributed by atoms with Crippen LogP contribution in [0.15, 0.2) is 0 Å². The van der Waals surface area contributed by atoms with E-state index < -0.39 is 0 Å². The van der Waals surface area contributed by atoms with Gasteiger partial charge in [0.2, 0.25) is 0 Å². The molecule has 0 radical (unpaired) electrons. The first kappa shape index (κ1) is 53.7. The zero-order valence-electron chi connectivity index (χ0n) is 1.96. The Labute approximate surface area is 62.9 Å². The molecule has 4 heteroatoms. The van der Waals surface area contributed by atoms with E-state index in [1.54, 1.807) is 0 Å². The predicted molar refractivity (Wildman–Crippen MR) is 9.37 cm³/mol. The van der Waals surface area contributed by atoms with Gasteiger partial charge in [-0.3, -0.25) is 0 Å². The molecule has 24 valence electrons. The van der Waals surface area contributed by atoms with Gasteiger partial charge in [0.15, 0.2) is 0 Å². The SMILES string of the molecule is O.[Ba+2].[F-].[F-]. The molecule has 0 aliphatic carbocycles. The van der Waals surface area contributed by atoms with Crippen molar-refractivity contribution in [3.8, 4) is 0 Å². The average Bonchev–Trinajstić information content (AvgIpc) is 0. The van der Waals surface area contributed by atoms with Crippen molar-refractivity contribution in [2.45, 2.75) is 0 Å². The Balaban J connectivity index is 0. The van der Waals surface area contributed by atoms with E-state index in [1.807, 2.05) is 0 Å². The van der Waals surface area contributed by atoms with Gasteiger partial charge in [0.1, 0.15) is 0 Å². The van der Waals surface area contributed by atoms with Gasteiger partial charge in [-0.05, 0) is 0 Å². The number of rotatable bonds is 0. The van der Waals surface area contributed by atoms with Crippen LogP contribution in [0.5, 0.6) is 0 Å². The minimum atomic E-state index is 0. The summed E-state index contributed by atoms with van der Waals surface area (Å²) < 4.78 is 0. The third-order valence-electron chi connectivity index (χ3n) is 0. The molecule has 0 bridgehead atoms. The van der Waals surface area contributed by atoms with Crippen LogP contribution in [0.3, 0.4) is 0 Å². The van der Waals surface area contributed by atoms with Crippen molar-refractivity contribution in [1.29, 1.82) is 0 Å². The normalized spacial score (nSPS) is 0. The van der Waals surface area contributed by atoms with Gasteiger partial charge in [-0.25, -0.2) is 0 Å². The van der Waals surface area contributed by atoms with E-state index in [9.17, 15) is 0 Å². The number of halogens is 2. The molecule has 0 aliphatic heterocycles. The van der Waals surface area contributed by atoms with Crippen LogP contribution in [0.25, 0.3) is 0 Å². The van der Waals surface area contributed by atoms with Crippen LogP contribution in [0.2, 0.25) is 0 Å². The van der Waals surface area contributed by atoms with E-state index in [-0.39, 0.29) is 63.8 Å². The van der Waals surface area contributed by atoms with Crippen molar-refractivity contribution in [1.82, 2.24) is 0 Å². The first-order valence-corrected chi connectivity index (χ1v) is 0. The van der Waals surface area contributed by atoms with Crippen molar-refractivity contribution >= 4 is 48.9 Å². The van der Waals surface area contributed by atoms with Crippen LogP contribution in [-0.2, 0) is 0 Å². The summed E-state index contributed by atoms with van der Waals surface area (Å²) in [6.45, 7) is 0. The maximum absolute atomic E-state index is 0. The Morgan fingerprint density at radius 3 is 0.750 bits per heavy atom. The van der Waals surface area contributed by atoms with Crippen LogP contribution >= 0.6 is 0 Å². The fourth-order valence-electron chi connectivity index (χ4n) is 0. The molecular weight excluding hydrogens is 191 g/mol. The van der Waals surface area contributed by atoms with Gasteiger partial charge in [0.25, 0.3) is 0 Å². The molecule has 2 N–H and O–H groups in total. The Hall–Kier alpha value is 1.39. The first-order valence-electron chi connectivity index (χ1n) is 0. The van der Waals surface area contributed by atoms with Crippen LogP contribution in [0.1, 0.15) is 0 Å². The molecule has 4 heavy (non-hydrogen) atoms. The Bertz CT molecular complexity index is 6.00.